The van der Waals surface area contributed by atoms with Gasteiger partial charge in [0.15, 0.2) is 0 Å². The van der Waals surface area contributed by atoms with E-state index in [1.807, 2.05) is 0 Å². The van der Waals surface area contributed by atoms with Crippen molar-refractivity contribution in [3.8, 4) is 0 Å². The Bertz CT molecular complexity index is 20.9. The minimum absolute atomic E-state index is 0.361. The highest BCUT2D eigenvalue weighted by atomic mass is 19.1. The number of alkyl halides is 1. The number of halogens is 1. The molecule has 0 aromatic rings. The lowest BCUT2D eigenvalue weighted by Crippen LogP contribution is -1.96. The molecule has 0 aliphatic carbocycles. The third-order valence-electron chi connectivity index (χ3n) is 0.252. The van der Waals surface area contributed by atoms with Crippen LogP contribution < -0.4 is 0 Å². The lowest BCUT2D eigenvalue weighted by atomic mass is 10.5. The molecule has 0 aromatic carbocycles. The first kappa shape index (κ1) is 4.89. The van der Waals surface area contributed by atoms with E-state index in [-0.39, 0.29) is 6.61 Å². The fourth-order valence-electron chi connectivity index (χ4n) is 0. The zero-order valence-corrected chi connectivity index (χ0v) is 3.11. The second-order valence-corrected chi connectivity index (χ2v) is 0.963. The summed E-state index contributed by atoms with van der Waals surface area (Å²) in [6, 6.07) is 0. The van der Waals surface area contributed by atoms with Crippen molar-refractivity contribution in [3.63, 3.8) is 0 Å². The van der Waals surface area contributed by atoms with Gasteiger partial charge in [0.2, 0.25) is 0 Å². The third-order valence-corrected chi connectivity index (χ3v) is 0.252. The maximum absolute atomic E-state index is 11.2. The summed E-state index contributed by atoms with van der Waals surface area (Å²) in [4.78, 5) is 0. The molecule has 0 spiro atoms. The zero-order chi connectivity index (χ0) is 4.28. The van der Waals surface area contributed by atoms with Crippen molar-refractivity contribution in [1.82, 2.24) is 0 Å². The van der Waals surface area contributed by atoms with Crippen molar-refractivity contribution in [2.45, 2.75) is 13.1 Å². The predicted molar refractivity (Wildman–Crippen MR) is 17.7 cm³/mol. The van der Waals surface area contributed by atoms with Crippen LogP contribution in [0.4, 0.5) is 4.39 Å². The lowest BCUT2D eigenvalue weighted by Gasteiger charge is -1.85. The molecule has 0 fully saturated rings. The van der Waals surface area contributed by atoms with Crippen LogP contribution >= 0.6 is 0 Å². The van der Waals surface area contributed by atoms with Crippen LogP contribution in [-0.2, 0) is 0 Å². The Kier molecular flexibility index (Phi) is 2.10. The number of hydrogen-bond donors (Lipinski definition) is 1. The fourth-order valence-corrected chi connectivity index (χ4v) is 0. The smallest absolute Gasteiger partial charge is 0.120 e. The van der Waals surface area contributed by atoms with Crippen LogP contribution in [-0.4, -0.2) is 17.9 Å². The van der Waals surface area contributed by atoms with Crippen LogP contribution in [0.3, 0.4) is 0 Å². The molecule has 5 heavy (non-hydrogen) atoms. The third kappa shape index (κ3) is 3.89. The summed E-state index contributed by atoms with van der Waals surface area (Å²) in [5.74, 6) is 0. The van der Waals surface area contributed by atoms with E-state index in [0.29, 0.717) is 0 Å². The monoisotopic (exact) mass is 78.0 g/mol. The van der Waals surface area contributed by atoms with Crippen molar-refractivity contribution in [2.75, 3.05) is 6.61 Å². The Morgan fingerprint density at radius 3 is 2.20 bits per heavy atom. The maximum atomic E-state index is 11.2. The van der Waals surface area contributed by atoms with Crippen molar-refractivity contribution >= 4 is 0 Å². The molecule has 0 aliphatic rings. The molecular formula is C3H7FO. The molecule has 0 amide bonds. The van der Waals surface area contributed by atoms with Gasteiger partial charge in [0.25, 0.3) is 0 Å². The molecule has 1 atom stereocenters. The molecule has 0 rings (SSSR count). The van der Waals surface area contributed by atoms with Crippen LogP contribution in [0.1, 0.15) is 6.92 Å². The molecule has 0 aromatic heterocycles. The van der Waals surface area contributed by atoms with Gasteiger partial charge in [0.05, 0.1) is 6.61 Å². The molecule has 2 heteroatoms. The Hall–Kier alpha value is -0.110. The molecular weight excluding hydrogens is 71.0 g/mol. The number of aliphatic hydroxyl groups is 1. The van der Waals surface area contributed by atoms with Gasteiger partial charge in [-0.15, -0.1) is 0 Å². The molecule has 1 N–H and O–H groups in total. The average Bonchev–Trinajstić information content (AvgIpc) is 1.38. The summed E-state index contributed by atoms with van der Waals surface area (Å²) in [6.07, 6.45) is -1.06. The molecule has 1 nitrogen and oxygen atoms in total. The Balaban J connectivity index is 2.54. The fraction of sp³-hybridized carbons (Fsp3) is 1.00. The van der Waals surface area contributed by atoms with Gasteiger partial charge in [-0.2, -0.15) is 0 Å². The summed E-state index contributed by atoms with van der Waals surface area (Å²) in [7, 11) is 0. The number of aliphatic hydroxyl groups excluding tert-OH is 1. The van der Waals surface area contributed by atoms with Crippen LogP contribution in [0.2, 0.25) is 0 Å². The molecule has 32 valence electrons. The van der Waals surface area contributed by atoms with E-state index in [1.165, 1.54) is 6.92 Å². The minimum atomic E-state index is -1.06. The van der Waals surface area contributed by atoms with E-state index in [1.54, 1.807) is 0 Å². The lowest BCUT2D eigenvalue weighted by molar-refractivity contribution is 0.191. The van der Waals surface area contributed by atoms with E-state index >= 15 is 0 Å². The van der Waals surface area contributed by atoms with Crippen molar-refractivity contribution in [1.29, 1.82) is 0 Å². The van der Waals surface area contributed by atoms with Crippen molar-refractivity contribution in [2.24, 2.45) is 0 Å². The summed E-state index contributed by atoms with van der Waals surface area (Å²) in [5, 5.41) is 7.77. The van der Waals surface area contributed by atoms with E-state index in [4.69, 9.17) is 5.11 Å². The largest absolute Gasteiger partial charge is 0.393 e. The predicted octanol–water partition coefficient (Wildman–Crippen LogP) is 0.337. The first-order valence-corrected chi connectivity index (χ1v) is 1.52. The first-order chi connectivity index (χ1) is 2.27. The summed E-state index contributed by atoms with van der Waals surface area (Å²) < 4.78 is 11.2. The highest BCUT2D eigenvalue weighted by molar-refractivity contribution is 4.35. The van der Waals surface area contributed by atoms with Crippen LogP contribution in [0, 0.1) is 0 Å². The standard InChI is InChI=1S/C3H7FO/c1-3(4)2-5/h3,5H,2H2,1H3/t3-/m0/s1. The summed E-state index contributed by atoms with van der Waals surface area (Å²) >= 11 is 0. The van der Waals surface area contributed by atoms with Crippen molar-refractivity contribution in [3.05, 3.63) is 0 Å². The average molecular weight is 78.1 g/mol. The molecule has 0 aliphatic heterocycles. The summed E-state index contributed by atoms with van der Waals surface area (Å²) in [5.41, 5.74) is 0. The van der Waals surface area contributed by atoms with Gasteiger partial charge < -0.3 is 5.11 Å². The Morgan fingerprint density at radius 1 is 2.00 bits per heavy atom. The highest BCUT2D eigenvalue weighted by Crippen LogP contribution is 1.79. The van der Waals surface area contributed by atoms with E-state index in [9.17, 15) is 4.39 Å². The van der Waals surface area contributed by atoms with Gasteiger partial charge in [0, 0.05) is 0 Å². The minimum Gasteiger partial charge on any atom is -0.393 e. The second-order valence-electron chi connectivity index (χ2n) is 0.963. The van der Waals surface area contributed by atoms with Gasteiger partial charge >= 0.3 is 0 Å². The highest BCUT2D eigenvalue weighted by Gasteiger charge is 1.87. The molecule has 0 heterocycles. The quantitative estimate of drug-likeness (QED) is 0.479. The van der Waals surface area contributed by atoms with Crippen molar-refractivity contribution < 1.29 is 9.50 Å². The van der Waals surface area contributed by atoms with E-state index in [0.717, 1.165) is 0 Å². The van der Waals surface area contributed by atoms with Crippen LogP contribution in [0.5, 0.6) is 0 Å². The molecule has 0 radical (unpaired) electrons. The zero-order valence-electron chi connectivity index (χ0n) is 3.11. The number of hydrogen-bond acceptors (Lipinski definition) is 1. The van der Waals surface area contributed by atoms with Gasteiger partial charge in [0.1, 0.15) is 6.17 Å². The number of rotatable bonds is 1. The second kappa shape index (κ2) is 2.15. The van der Waals surface area contributed by atoms with E-state index < -0.39 is 6.17 Å². The summed E-state index contributed by atoms with van der Waals surface area (Å²) in [6.45, 7) is 0.944. The molecule has 0 saturated carbocycles. The SMILES string of the molecule is C[C@H](F)CO. The maximum Gasteiger partial charge on any atom is 0.120 e. The van der Waals surface area contributed by atoms with Crippen LogP contribution in [0.15, 0.2) is 0 Å². The molecule has 0 saturated heterocycles. The Morgan fingerprint density at radius 2 is 2.20 bits per heavy atom. The van der Waals surface area contributed by atoms with Crippen LogP contribution in [0.25, 0.3) is 0 Å². The Labute approximate surface area is 30.4 Å². The molecule has 0 unspecified atom stereocenters. The van der Waals surface area contributed by atoms with Gasteiger partial charge in [-0.25, -0.2) is 4.39 Å². The van der Waals surface area contributed by atoms with Gasteiger partial charge in [-0.1, -0.05) is 0 Å². The van der Waals surface area contributed by atoms with E-state index in [2.05, 4.69) is 0 Å². The van der Waals surface area contributed by atoms with Gasteiger partial charge in [-0.3, -0.25) is 0 Å². The van der Waals surface area contributed by atoms with Gasteiger partial charge in [-0.05, 0) is 6.92 Å². The molecule has 0 bridgehead atoms. The topological polar surface area (TPSA) is 20.2 Å². The first-order valence-electron chi connectivity index (χ1n) is 1.52. The normalized spacial score (nSPS) is 15.0.